The average molecular weight is 442 g/mol. The zero-order valence-electron chi connectivity index (χ0n) is 18.4. The molecular weight excluding hydrogens is 414 g/mol. The van der Waals surface area contributed by atoms with Crippen molar-refractivity contribution < 1.29 is 9.59 Å². The van der Waals surface area contributed by atoms with Gasteiger partial charge in [0.15, 0.2) is 0 Å². The molecule has 1 unspecified atom stereocenters. The van der Waals surface area contributed by atoms with Gasteiger partial charge in [-0.25, -0.2) is 4.98 Å². The number of hydrogen-bond acceptors (Lipinski definition) is 4. The van der Waals surface area contributed by atoms with E-state index < -0.39 is 6.04 Å². The first-order chi connectivity index (χ1) is 16.2. The minimum atomic E-state index is -0.472. The van der Waals surface area contributed by atoms with Crippen molar-refractivity contribution in [1.82, 2.24) is 24.9 Å². The van der Waals surface area contributed by atoms with Gasteiger partial charge in [-0.15, -0.1) is 0 Å². The Bertz CT molecular complexity index is 1270. The molecule has 3 heterocycles. The Morgan fingerprint density at radius 1 is 1.09 bits per heavy atom. The fraction of sp³-hybridized carbons (Fsp3) is 0.269. The minimum Gasteiger partial charge on any atom is -0.356 e. The summed E-state index contributed by atoms with van der Waals surface area (Å²) in [5.74, 6) is -0.207. The topological polar surface area (TPSA) is 78.7 Å². The molecule has 2 aromatic carbocycles. The summed E-state index contributed by atoms with van der Waals surface area (Å²) in [6.45, 7) is 2.44. The van der Waals surface area contributed by atoms with Crippen LogP contribution in [0.2, 0.25) is 0 Å². The molecule has 1 fully saturated rings. The fourth-order valence-corrected chi connectivity index (χ4v) is 4.43. The van der Waals surface area contributed by atoms with E-state index >= 15 is 0 Å². The summed E-state index contributed by atoms with van der Waals surface area (Å²) in [5.41, 5.74) is 2.96. The zero-order chi connectivity index (χ0) is 22.6. The van der Waals surface area contributed by atoms with Crippen LogP contribution in [0.3, 0.4) is 0 Å². The number of piperazine rings is 1. The lowest BCUT2D eigenvalue weighted by Gasteiger charge is -2.34. The highest BCUT2D eigenvalue weighted by Crippen LogP contribution is 2.19. The summed E-state index contributed by atoms with van der Waals surface area (Å²) in [4.78, 5) is 31.9. The Morgan fingerprint density at radius 2 is 1.94 bits per heavy atom. The van der Waals surface area contributed by atoms with E-state index in [0.29, 0.717) is 26.1 Å². The van der Waals surface area contributed by atoms with Crippen molar-refractivity contribution in [2.75, 3.05) is 19.6 Å². The lowest BCUT2D eigenvalue weighted by Crippen LogP contribution is -2.56. The first-order valence-electron chi connectivity index (χ1n) is 11.3. The first kappa shape index (κ1) is 21.2. The van der Waals surface area contributed by atoms with Gasteiger partial charge < -0.3 is 15.0 Å². The molecule has 1 aliphatic heterocycles. The monoisotopic (exact) mass is 441 g/mol. The third kappa shape index (κ3) is 4.88. The van der Waals surface area contributed by atoms with Crippen LogP contribution in [0.25, 0.3) is 16.4 Å². The minimum absolute atomic E-state index is 0.0856. The van der Waals surface area contributed by atoms with Crippen LogP contribution >= 0.6 is 0 Å². The maximum Gasteiger partial charge on any atom is 0.237 e. The Labute approximate surface area is 192 Å². The number of aromatic nitrogens is 2. The van der Waals surface area contributed by atoms with E-state index in [2.05, 4.69) is 50.8 Å². The molecule has 1 saturated heterocycles. The molecule has 2 amide bonds. The van der Waals surface area contributed by atoms with Gasteiger partial charge in [-0.05, 0) is 34.5 Å². The van der Waals surface area contributed by atoms with Crippen LogP contribution in [0.15, 0.2) is 73.1 Å². The van der Waals surface area contributed by atoms with Crippen molar-refractivity contribution in [3.8, 4) is 0 Å². The second kappa shape index (κ2) is 9.42. The summed E-state index contributed by atoms with van der Waals surface area (Å²) < 4.78 is 1.97. The number of imidazole rings is 1. The van der Waals surface area contributed by atoms with Crippen molar-refractivity contribution in [1.29, 1.82) is 0 Å². The van der Waals surface area contributed by atoms with Crippen molar-refractivity contribution >= 4 is 28.2 Å². The van der Waals surface area contributed by atoms with Crippen LogP contribution in [0, 0.1) is 0 Å². The molecule has 168 valence electrons. The first-order valence-corrected chi connectivity index (χ1v) is 11.3. The Kier molecular flexibility index (Phi) is 6.04. The maximum atomic E-state index is 12.6. The van der Waals surface area contributed by atoms with Gasteiger partial charge in [0.2, 0.25) is 11.8 Å². The number of hydrogen-bond donors (Lipinski definition) is 2. The van der Waals surface area contributed by atoms with E-state index in [0.717, 1.165) is 23.4 Å². The van der Waals surface area contributed by atoms with Gasteiger partial charge in [0.05, 0.1) is 18.2 Å². The van der Waals surface area contributed by atoms with E-state index in [4.69, 9.17) is 0 Å². The van der Waals surface area contributed by atoms with Gasteiger partial charge in [-0.3, -0.25) is 14.5 Å². The molecular formula is C26H27N5O2. The van der Waals surface area contributed by atoms with E-state index in [1.807, 2.05) is 47.1 Å². The predicted molar refractivity (Wildman–Crippen MR) is 128 cm³/mol. The molecule has 0 saturated carbocycles. The Morgan fingerprint density at radius 3 is 2.82 bits per heavy atom. The van der Waals surface area contributed by atoms with Gasteiger partial charge in [0.1, 0.15) is 5.65 Å². The SMILES string of the molecule is O=C(CC1C(=O)NCCN1Cc1ccc2ccccc2c1)NCCc1cn2ccccc2n1. The van der Waals surface area contributed by atoms with E-state index in [9.17, 15) is 9.59 Å². The van der Waals surface area contributed by atoms with E-state index in [1.54, 1.807) is 0 Å². The summed E-state index contributed by atoms with van der Waals surface area (Å²) in [7, 11) is 0. The predicted octanol–water partition coefficient (Wildman–Crippen LogP) is 2.54. The quantitative estimate of drug-likeness (QED) is 0.462. The lowest BCUT2D eigenvalue weighted by atomic mass is 10.0. The third-order valence-corrected chi connectivity index (χ3v) is 6.14. The third-order valence-electron chi connectivity index (χ3n) is 6.14. The number of carbonyl (C=O) groups excluding carboxylic acids is 2. The highest BCUT2D eigenvalue weighted by atomic mass is 16.2. The van der Waals surface area contributed by atoms with Gasteiger partial charge >= 0.3 is 0 Å². The number of amides is 2. The van der Waals surface area contributed by atoms with Crippen molar-refractivity contribution in [3.63, 3.8) is 0 Å². The number of fused-ring (bicyclic) bond motifs is 2. The second-order valence-corrected chi connectivity index (χ2v) is 8.46. The molecule has 0 bridgehead atoms. The molecule has 2 aromatic heterocycles. The molecule has 33 heavy (non-hydrogen) atoms. The number of nitrogens with zero attached hydrogens (tertiary/aromatic N) is 3. The number of rotatable bonds is 7. The van der Waals surface area contributed by atoms with Crippen LogP contribution in [-0.2, 0) is 22.6 Å². The number of pyridine rings is 1. The van der Waals surface area contributed by atoms with Crippen LogP contribution in [0.1, 0.15) is 17.7 Å². The molecule has 5 rings (SSSR count). The maximum absolute atomic E-state index is 12.6. The van der Waals surface area contributed by atoms with Gasteiger partial charge in [-0.1, -0.05) is 42.5 Å². The molecule has 1 aliphatic rings. The van der Waals surface area contributed by atoms with Crippen LogP contribution < -0.4 is 10.6 Å². The molecule has 4 aromatic rings. The standard InChI is InChI=1S/C26H27N5O2/c32-25(27-11-10-22-18-31-13-4-3-7-24(31)29-22)16-23-26(33)28-12-14-30(23)17-19-8-9-20-5-1-2-6-21(20)15-19/h1-9,13,15,18,23H,10-12,14,16-17H2,(H,27,32)(H,28,33). The Hall–Kier alpha value is -3.71. The fourth-order valence-electron chi connectivity index (χ4n) is 4.43. The highest BCUT2D eigenvalue weighted by molar-refractivity contribution is 5.89. The lowest BCUT2D eigenvalue weighted by molar-refractivity contribution is -0.134. The van der Waals surface area contributed by atoms with Crippen LogP contribution in [0.5, 0.6) is 0 Å². The van der Waals surface area contributed by atoms with Gasteiger partial charge in [-0.2, -0.15) is 0 Å². The molecule has 0 aliphatic carbocycles. The highest BCUT2D eigenvalue weighted by Gasteiger charge is 2.31. The molecule has 7 heteroatoms. The van der Waals surface area contributed by atoms with Crippen LogP contribution in [-0.4, -0.2) is 51.8 Å². The summed E-state index contributed by atoms with van der Waals surface area (Å²) >= 11 is 0. The van der Waals surface area contributed by atoms with Crippen molar-refractivity contribution in [2.45, 2.75) is 25.4 Å². The molecule has 1 atom stereocenters. The number of benzene rings is 2. The molecule has 0 spiro atoms. The number of nitrogens with one attached hydrogen (secondary N) is 2. The van der Waals surface area contributed by atoms with E-state index in [1.165, 1.54) is 10.8 Å². The summed E-state index contributed by atoms with van der Waals surface area (Å²) in [6, 6.07) is 20.0. The molecule has 2 N–H and O–H groups in total. The molecule has 0 radical (unpaired) electrons. The van der Waals surface area contributed by atoms with Gasteiger partial charge in [0.25, 0.3) is 0 Å². The smallest absolute Gasteiger partial charge is 0.237 e. The zero-order valence-corrected chi connectivity index (χ0v) is 18.4. The largest absolute Gasteiger partial charge is 0.356 e. The van der Waals surface area contributed by atoms with Crippen molar-refractivity contribution in [2.24, 2.45) is 0 Å². The van der Waals surface area contributed by atoms with Gasteiger partial charge in [0, 0.05) is 45.0 Å². The van der Waals surface area contributed by atoms with Crippen LogP contribution in [0.4, 0.5) is 0 Å². The normalized spacial score (nSPS) is 16.7. The average Bonchev–Trinajstić information content (AvgIpc) is 3.24. The van der Waals surface area contributed by atoms with E-state index in [-0.39, 0.29) is 18.2 Å². The second-order valence-electron chi connectivity index (χ2n) is 8.46. The number of carbonyl (C=O) groups is 2. The Balaban J connectivity index is 1.19. The van der Waals surface area contributed by atoms with Crippen molar-refractivity contribution in [3.05, 3.63) is 84.3 Å². The summed E-state index contributed by atoms with van der Waals surface area (Å²) in [6.07, 6.45) is 4.72. The molecule has 7 nitrogen and oxygen atoms in total. The summed E-state index contributed by atoms with van der Waals surface area (Å²) in [5, 5.41) is 8.24.